The Balaban J connectivity index is 1.98. The minimum atomic E-state index is -3.28. The molecule has 150 valence electrons. The molecule has 0 aromatic heterocycles. The second kappa shape index (κ2) is 9.21. The Bertz CT molecular complexity index is 761. The van der Waals surface area contributed by atoms with Crippen LogP contribution in [0.15, 0.2) is 29.2 Å². The summed E-state index contributed by atoms with van der Waals surface area (Å²) in [5.41, 5.74) is 0.576. The van der Waals surface area contributed by atoms with Crippen LogP contribution in [0.2, 0.25) is 0 Å². The van der Waals surface area contributed by atoms with E-state index in [1.807, 2.05) is 0 Å². The third-order valence-corrected chi connectivity index (χ3v) is 5.73. The van der Waals surface area contributed by atoms with Gasteiger partial charge in [-0.05, 0) is 30.7 Å². The second-order valence-corrected chi connectivity index (χ2v) is 8.92. The van der Waals surface area contributed by atoms with Gasteiger partial charge in [-0.25, -0.2) is 13.2 Å². The molecule has 1 aliphatic heterocycles. The Morgan fingerprint density at radius 2 is 1.89 bits per heavy atom. The van der Waals surface area contributed by atoms with Crippen LogP contribution in [0.5, 0.6) is 0 Å². The zero-order valence-electron chi connectivity index (χ0n) is 16.2. The van der Waals surface area contributed by atoms with E-state index in [-0.39, 0.29) is 10.8 Å². The molecule has 2 rings (SSSR count). The molecule has 0 radical (unpaired) electrons. The van der Waals surface area contributed by atoms with Gasteiger partial charge >= 0.3 is 6.09 Å². The summed E-state index contributed by atoms with van der Waals surface area (Å²) < 4.78 is 28.5. The Morgan fingerprint density at radius 3 is 2.44 bits per heavy atom. The first kappa shape index (κ1) is 21.2. The quantitative estimate of drug-likeness (QED) is 0.599. The lowest BCUT2D eigenvalue weighted by Crippen LogP contribution is -2.38. The lowest BCUT2D eigenvalue weighted by molar-refractivity contribution is -0.130. The molecular formula is C19H28N2O5S. The van der Waals surface area contributed by atoms with Crippen LogP contribution in [-0.2, 0) is 19.4 Å². The van der Waals surface area contributed by atoms with Crippen molar-refractivity contribution in [3.63, 3.8) is 0 Å². The Morgan fingerprint density at radius 1 is 1.22 bits per heavy atom. The first-order chi connectivity index (χ1) is 12.7. The summed E-state index contributed by atoms with van der Waals surface area (Å²) in [7, 11) is -3.28. The number of amides is 2. The van der Waals surface area contributed by atoms with E-state index in [1.54, 1.807) is 17.0 Å². The molecule has 0 bridgehead atoms. The van der Waals surface area contributed by atoms with E-state index in [0.717, 1.165) is 31.9 Å². The number of sulfone groups is 1. The number of benzene rings is 1. The largest absolute Gasteiger partial charge is 0.442 e. The highest BCUT2D eigenvalue weighted by Gasteiger charge is 2.34. The van der Waals surface area contributed by atoms with Crippen molar-refractivity contribution in [2.45, 2.75) is 50.5 Å². The van der Waals surface area contributed by atoms with Gasteiger partial charge in [-0.2, -0.15) is 0 Å². The van der Waals surface area contributed by atoms with Crippen LogP contribution in [0.1, 0.15) is 39.5 Å². The van der Waals surface area contributed by atoms with E-state index in [0.29, 0.717) is 25.3 Å². The summed E-state index contributed by atoms with van der Waals surface area (Å²) in [5, 5.41) is 0. The van der Waals surface area contributed by atoms with Crippen molar-refractivity contribution in [2.75, 3.05) is 30.8 Å². The molecule has 1 atom stereocenters. The molecule has 27 heavy (non-hydrogen) atoms. The third kappa shape index (κ3) is 5.95. The molecule has 1 fully saturated rings. The summed E-state index contributed by atoms with van der Waals surface area (Å²) in [6.07, 6.45) is 4.53. The number of cyclic esters (lactones) is 1. The second-order valence-electron chi connectivity index (χ2n) is 6.91. The summed E-state index contributed by atoms with van der Waals surface area (Å²) in [4.78, 5) is 27.5. The molecule has 8 heteroatoms. The third-order valence-electron chi connectivity index (χ3n) is 4.60. The van der Waals surface area contributed by atoms with Crippen LogP contribution in [0, 0.1) is 0 Å². The number of rotatable bonds is 9. The summed E-state index contributed by atoms with van der Waals surface area (Å²) >= 11 is 0. The van der Waals surface area contributed by atoms with E-state index in [1.165, 1.54) is 24.0 Å². The van der Waals surface area contributed by atoms with Crippen LogP contribution in [0.3, 0.4) is 0 Å². The van der Waals surface area contributed by atoms with Gasteiger partial charge in [-0.15, -0.1) is 0 Å². The van der Waals surface area contributed by atoms with Gasteiger partial charge in [0, 0.05) is 25.4 Å². The Labute approximate surface area is 161 Å². The van der Waals surface area contributed by atoms with Crippen molar-refractivity contribution < 1.29 is 22.7 Å². The fourth-order valence-corrected chi connectivity index (χ4v) is 3.68. The fourth-order valence-electron chi connectivity index (χ4n) is 3.05. The monoisotopic (exact) mass is 396 g/mol. The topological polar surface area (TPSA) is 84.0 Å². The van der Waals surface area contributed by atoms with Crippen molar-refractivity contribution in [1.29, 1.82) is 0 Å². The molecule has 1 saturated heterocycles. The molecule has 0 N–H and O–H groups in total. The predicted octanol–water partition coefficient (Wildman–Crippen LogP) is 2.84. The number of carbonyl (C=O) groups is 2. The first-order valence-electron chi connectivity index (χ1n) is 9.26. The van der Waals surface area contributed by atoms with Crippen LogP contribution in [-0.4, -0.2) is 57.3 Å². The van der Waals surface area contributed by atoms with Crippen molar-refractivity contribution in [3.05, 3.63) is 24.3 Å². The zero-order chi connectivity index (χ0) is 20.0. The maximum Gasteiger partial charge on any atom is 0.414 e. The molecule has 1 heterocycles. The molecule has 0 saturated carbocycles. The average Bonchev–Trinajstić information content (AvgIpc) is 2.97. The van der Waals surface area contributed by atoms with Gasteiger partial charge < -0.3 is 9.64 Å². The van der Waals surface area contributed by atoms with Gasteiger partial charge in [0.2, 0.25) is 5.91 Å². The molecule has 0 spiro atoms. The van der Waals surface area contributed by atoms with Crippen LogP contribution in [0.25, 0.3) is 0 Å². The van der Waals surface area contributed by atoms with Crippen LogP contribution >= 0.6 is 0 Å². The lowest BCUT2D eigenvalue weighted by atomic mass is 10.2. The van der Waals surface area contributed by atoms with E-state index in [9.17, 15) is 18.0 Å². The van der Waals surface area contributed by atoms with E-state index in [2.05, 4.69) is 6.92 Å². The minimum absolute atomic E-state index is 0.0292. The van der Waals surface area contributed by atoms with E-state index >= 15 is 0 Å². The fraction of sp³-hybridized carbons (Fsp3) is 0.579. The molecule has 2 amide bonds. The van der Waals surface area contributed by atoms with Gasteiger partial charge in [0.05, 0.1) is 18.0 Å². The SMILES string of the molecule is CCCCCCN(CC1CN(c2ccc(S(C)(=O)=O)cc2)C(=O)O1)C(C)=O. The number of hydrogen-bond donors (Lipinski definition) is 0. The molecule has 7 nitrogen and oxygen atoms in total. The molecule has 1 aliphatic rings. The van der Waals surface area contributed by atoms with Gasteiger partial charge in [-0.1, -0.05) is 26.2 Å². The number of hydrogen-bond acceptors (Lipinski definition) is 5. The minimum Gasteiger partial charge on any atom is -0.442 e. The number of carbonyl (C=O) groups excluding carboxylic acids is 2. The maximum absolute atomic E-state index is 12.2. The summed E-state index contributed by atoms with van der Waals surface area (Å²) in [5.74, 6) is -0.0292. The van der Waals surface area contributed by atoms with Gasteiger partial charge in [0.1, 0.15) is 6.10 Å². The van der Waals surface area contributed by atoms with Crippen molar-refractivity contribution >= 4 is 27.5 Å². The normalized spacial score (nSPS) is 17.1. The lowest BCUT2D eigenvalue weighted by Gasteiger charge is -2.23. The molecule has 1 aromatic rings. The van der Waals surface area contributed by atoms with Gasteiger partial charge in [0.25, 0.3) is 0 Å². The highest BCUT2D eigenvalue weighted by molar-refractivity contribution is 7.90. The Kier molecular flexibility index (Phi) is 7.24. The number of nitrogens with zero attached hydrogens (tertiary/aromatic N) is 2. The standard InChI is InChI=1S/C19H28N2O5S/c1-4-5-6-7-12-20(15(2)22)13-17-14-21(19(23)26-17)16-8-10-18(11-9-16)27(3,24)25/h8-11,17H,4-7,12-14H2,1-3H3. The maximum atomic E-state index is 12.2. The summed E-state index contributed by atoms with van der Waals surface area (Å²) in [6, 6.07) is 6.13. The smallest absolute Gasteiger partial charge is 0.414 e. The zero-order valence-corrected chi connectivity index (χ0v) is 17.0. The highest BCUT2D eigenvalue weighted by atomic mass is 32.2. The highest BCUT2D eigenvalue weighted by Crippen LogP contribution is 2.24. The molecule has 0 aliphatic carbocycles. The molecule has 1 aromatic carbocycles. The average molecular weight is 397 g/mol. The number of ether oxygens (including phenoxy) is 1. The number of anilines is 1. The van der Waals surface area contributed by atoms with Gasteiger partial charge in [0.15, 0.2) is 9.84 Å². The van der Waals surface area contributed by atoms with E-state index < -0.39 is 22.0 Å². The van der Waals surface area contributed by atoms with Crippen LogP contribution in [0.4, 0.5) is 10.5 Å². The molecular weight excluding hydrogens is 368 g/mol. The number of unbranched alkanes of at least 4 members (excludes halogenated alkanes) is 3. The van der Waals surface area contributed by atoms with Gasteiger partial charge in [-0.3, -0.25) is 9.69 Å². The first-order valence-corrected chi connectivity index (χ1v) is 11.1. The predicted molar refractivity (Wildman–Crippen MR) is 104 cm³/mol. The van der Waals surface area contributed by atoms with Crippen molar-refractivity contribution in [2.24, 2.45) is 0 Å². The molecule has 1 unspecified atom stereocenters. The summed E-state index contributed by atoms with van der Waals surface area (Å²) in [6.45, 7) is 5.02. The van der Waals surface area contributed by atoms with Crippen molar-refractivity contribution in [3.8, 4) is 0 Å². The Hall–Kier alpha value is -2.09. The van der Waals surface area contributed by atoms with Crippen LogP contribution < -0.4 is 4.90 Å². The van der Waals surface area contributed by atoms with Crippen molar-refractivity contribution in [1.82, 2.24) is 4.90 Å². The van der Waals surface area contributed by atoms with E-state index in [4.69, 9.17) is 4.74 Å².